The maximum absolute atomic E-state index is 5.56. The van der Waals surface area contributed by atoms with Crippen LogP contribution in [0.1, 0.15) is 5.56 Å². The fraction of sp³-hybridized carbons (Fsp3) is 0.200. The second-order valence-corrected chi connectivity index (χ2v) is 5.73. The third kappa shape index (κ3) is 3.90. The first kappa shape index (κ1) is 13.2. The lowest BCUT2D eigenvalue weighted by Crippen LogP contribution is -2.00. The minimum Gasteiger partial charge on any atom is -0.486 e. The molecule has 0 unspecified atom stereocenters. The van der Waals surface area contributed by atoms with Crippen LogP contribution in [0.3, 0.4) is 0 Å². The van der Waals surface area contributed by atoms with Crippen LogP contribution in [0.5, 0.6) is 5.75 Å². The number of hydrogen-bond donors (Lipinski definition) is 1. The summed E-state index contributed by atoms with van der Waals surface area (Å²) in [5, 5.41) is 0. The number of benzene rings is 1. The van der Waals surface area contributed by atoms with Gasteiger partial charge in [-0.1, -0.05) is 22.5 Å². The minimum absolute atomic E-state index is 0.430. The highest BCUT2D eigenvalue weighted by atomic mass is 79.9. The van der Waals surface area contributed by atoms with E-state index in [1.54, 1.807) is 0 Å². The van der Waals surface area contributed by atoms with Crippen LogP contribution >= 0.6 is 47.8 Å². The van der Waals surface area contributed by atoms with E-state index in [2.05, 4.69) is 54.4 Å². The van der Waals surface area contributed by atoms with Gasteiger partial charge in [0, 0.05) is 11.0 Å². The average Bonchev–Trinajstić information content (AvgIpc) is 2.15. The zero-order chi connectivity index (χ0) is 11.4. The fourth-order valence-corrected chi connectivity index (χ4v) is 2.64. The molecular weight excluding hydrogens is 390 g/mol. The van der Waals surface area contributed by atoms with Gasteiger partial charge in [0.15, 0.2) is 0 Å². The second-order valence-electron chi connectivity index (χ2n) is 2.90. The van der Waals surface area contributed by atoms with Crippen molar-refractivity contribution in [2.75, 3.05) is 6.61 Å². The van der Waals surface area contributed by atoms with Crippen LogP contribution < -0.4 is 10.5 Å². The molecule has 15 heavy (non-hydrogen) atoms. The lowest BCUT2D eigenvalue weighted by Gasteiger charge is -2.11. The van der Waals surface area contributed by atoms with Crippen LogP contribution in [0, 0.1) is 0 Å². The Morgan fingerprint density at radius 2 is 1.87 bits per heavy atom. The maximum atomic E-state index is 5.56. The molecule has 0 aromatic heterocycles. The Morgan fingerprint density at radius 3 is 2.27 bits per heavy atom. The summed E-state index contributed by atoms with van der Waals surface area (Å²) in [6.07, 6.45) is 0. The molecule has 0 saturated carbocycles. The molecule has 0 amide bonds. The van der Waals surface area contributed by atoms with Crippen LogP contribution in [0.25, 0.3) is 0 Å². The molecule has 0 aliphatic heterocycles. The highest BCUT2D eigenvalue weighted by molar-refractivity contribution is 9.11. The highest BCUT2D eigenvalue weighted by Crippen LogP contribution is 2.35. The first-order chi connectivity index (χ1) is 7.04. The molecule has 1 rings (SSSR count). The van der Waals surface area contributed by atoms with E-state index in [1.807, 2.05) is 12.1 Å². The van der Waals surface area contributed by atoms with Crippen molar-refractivity contribution < 1.29 is 4.74 Å². The van der Waals surface area contributed by atoms with Gasteiger partial charge in [0.25, 0.3) is 0 Å². The number of rotatable bonds is 4. The summed E-state index contributed by atoms with van der Waals surface area (Å²) in [6, 6.07) is 3.88. The van der Waals surface area contributed by atoms with E-state index in [0.717, 1.165) is 24.7 Å². The van der Waals surface area contributed by atoms with Gasteiger partial charge in [0.05, 0.1) is 8.95 Å². The predicted molar refractivity (Wildman–Crippen MR) is 73.3 cm³/mol. The zero-order valence-electron chi connectivity index (χ0n) is 7.90. The van der Waals surface area contributed by atoms with E-state index in [-0.39, 0.29) is 0 Å². The highest BCUT2D eigenvalue weighted by Gasteiger charge is 2.08. The van der Waals surface area contributed by atoms with Gasteiger partial charge in [-0.25, -0.2) is 0 Å². The molecular formula is C10H10Br3NO. The van der Waals surface area contributed by atoms with Crippen LogP contribution in [0.15, 0.2) is 32.1 Å². The van der Waals surface area contributed by atoms with Gasteiger partial charge in [-0.3, -0.25) is 0 Å². The fourth-order valence-electron chi connectivity index (χ4n) is 1.02. The van der Waals surface area contributed by atoms with E-state index in [9.17, 15) is 0 Å². The molecule has 0 atom stereocenters. The van der Waals surface area contributed by atoms with Crippen molar-refractivity contribution in [2.24, 2.45) is 5.73 Å². The van der Waals surface area contributed by atoms with Gasteiger partial charge < -0.3 is 10.5 Å². The van der Waals surface area contributed by atoms with Gasteiger partial charge in [0.2, 0.25) is 0 Å². The Bertz CT molecular complexity index is 356. The van der Waals surface area contributed by atoms with Gasteiger partial charge >= 0.3 is 0 Å². The molecule has 0 spiro atoms. The van der Waals surface area contributed by atoms with E-state index in [0.29, 0.717) is 13.2 Å². The number of ether oxygens (including phenoxy) is 1. The zero-order valence-corrected chi connectivity index (χ0v) is 12.7. The molecule has 0 fully saturated rings. The van der Waals surface area contributed by atoms with Gasteiger partial charge in [-0.05, 0) is 49.6 Å². The lowest BCUT2D eigenvalue weighted by atomic mass is 10.2. The van der Waals surface area contributed by atoms with E-state index in [1.165, 1.54) is 0 Å². The smallest absolute Gasteiger partial charge is 0.148 e. The number of hydrogen-bond acceptors (Lipinski definition) is 2. The molecule has 0 aliphatic carbocycles. The van der Waals surface area contributed by atoms with Crippen molar-refractivity contribution in [1.82, 2.24) is 0 Å². The minimum atomic E-state index is 0.430. The van der Waals surface area contributed by atoms with Gasteiger partial charge in [0.1, 0.15) is 12.4 Å². The summed E-state index contributed by atoms with van der Waals surface area (Å²) in [4.78, 5) is 0. The van der Waals surface area contributed by atoms with Crippen LogP contribution in [-0.2, 0) is 6.54 Å². The molecule has 2 nitrogen and oxygen atoms in total. The molecule has 0 heterocycles. The van der Waals surface area contributed by atoms with E-state index in [4.69, 9.17) is 10.5 Å². The Kier molecular flexibility index (Phi) is 5.32. The topological polar surface area (TPSA) is 35.2 Å². The first-order valence-electron chi connectivity index (χ1n) is 4.18. The van der Waals surface area contributed by atoms with Crippen molar-refractivity contribution >= 4 is 47.8 Å². The molecule has 1 aromatic rings. The predicted octanol–water partition coefficient (Wildman–Crippen LogP) is 3.96. The van der Waals surface area contributed by atoms with Crippen LogP contribution in [0.2, 0.25) is 0 Å². The summed E-state index contributed by atoms with van der Waals surface area (Å²) in [7, 11) is 0. The molecule has 5 heteroatoms. The normalized spacial score (nSPS) is 10.1. The summed E-state index contributed by atoms with van der Waals surface area (Å²) >= 11 is 10.1. The largest absolute Gasteiger partial charge is 0.486 e. The molecule has 82 valence electrons. The van der Waals surface area contributed by atoms with E-state index >= 15 is 0 Å². The third-order valence-corrected chi connectivity index (χ3v) is 3.07. The van der Waals surface area contributed by atoms with Crippen molar-refractivity contribution in [3.63, 3.8) is 0 Å². The maximum Gasteiger partial charge on any atom is 0.148 e. The van der Waals surface area contributed by atoms with Crippen molar-refractivity contribution in [1.29, 1.82) is 0 Å². The van der Waals surface area contributed by atoms with Gasteiger partial charge in [-0.2, -0.15) is 0 Å². The summed E-state index contributed by atoms with van der Waals surface area (Å²) < 4.78 is 8.10. The average molecular weight is 400 g/mol. The van der Waals surface area contributed by atoms with Crippen molar-refractivity contribution in [3.8, 4) is 5.75 Å². The Hall–Kier alpha value is 0.160. The molecule has 0 bridgehead atoms. The van der Waals surface area contributed by atoms with Crippen molar-refractivity contribution in [3.05, 3.63) is 37.7 Å². The molecule has 2 N–H and O–H groups in total. The summed E-state index contributed by atoms with van der Waals surface area (Å²) in [5.74, 6) is 0.757. The molecule has 0 radical (unpaired) electrons. The first-order valence-corrected chi connectivity index (χ1v) is 6.56. The van der Waals surface area contributed by atoms with Crippen molar-refractivity contribution in [2.45, 2.75) is 6.54 Å². The quantitative estimate of drug-likeness (QED) is 0.831. The van der Waals surface area contributed by atoms with E-state index < -0.39 is 0 Å². The van der Waals surface area contributed by atoms with Crippen LogP contribution in [0.4, 0.5) is 0 Å². The lowest BCUT2D eigenvalue weighted by molar-refractivity contribution is 0.356. The second kappa shape index (κ2) is 6.03. The Labute approximate surface area is 114 Å². The Balaban J connectivity index is 2.92. The standard InChI is InChI=1S/C10H10Br3NO/c1-6(11)5-15-10-8(12)2-7(4-14)3-9(10)13/h2-3H,1,4-5,14H2. The number of halogens is 3. The molecule has 0 saturated heterocycles. The van der Waals surface area contributed by atoms with Crippen LogP contribution in [-0.4, -0.2) is 6.61 Å². The monoisotopic (exact) mass is 397 g/mol. The Morgan fingerprint density at radius 1 is 1.33 bits per heavy atom. The molecule has 0 aliphatic rings. The third-order valence-electron chi connectivity index (χ3n) is 1.67. The molecule has 1 aromatic carbocycles. The summed E-state index contributed by atoms with van der Waals surface area (Å²) in [6.45, 7) is 4.64. The van der Waals surface area contributed by atoms with Gasteiger partial charge in [-0.15, -0.1) is 0 Å². The SMILES string of the molecule is C=C(Br)COc1c(Br)cc(CN)cc1Br. The summed E-state index contributed by atoms with van der Waals surface area (Å²) in [5.41, 5.74) is 6.60. The number of nitrogens with two attached hydrogens (primary N) is 1.